The van der Waals surface area contributed by atoms with E-state index in [4.69, 9.17) is 24.4 Å². The van der Waals surface area contributed by atoms with Gasteiger partial charge in [0, 0.05) is 38.2 Å². The number of rotatable bonds is 6. The van der Waals surface area contributed by atoms with Crippen LogP contribution >= 0.6 is 0 Å². The van der Waals surface area contributed by atoms with Crippen molar-refractivity contribution in [1.82, 2.24) is 29.1 Å². The fourth-order valence-corrected chi connectivity index (χ4v) is 9.44. The third-order valence-electron chi connectivity index (χ3n) is 12.2. The number of hydrogen-bond donors (Lipinski definition) is 0. The summed E-state index contributed by atoms with van der Waals surface area (Å²) in [6, 6.07) is 71.4. The fourth-order valence-electron chi connectivity index (χ4n) is 9.44. The smallest absolute Gasteiger partial charge is 0.238 e. The van der Waals surface area contributed by atoms with Gasteiger partial charge in [0.25, 0.3) is 0 Å². The van der Waals surface area contributed by atoms with Crippen LogP contribution in [-0.2, 0) is 0 Å². The molecule has 0 spiro atoms. The lowest BCUT2D eigenvalue weighted by Crippen LogP contribution is -2.07. The first-order valence-electron chi connectivity index (χ1n) is 21.1. The molecule has 0 atom stereocenters. The van der Waals surface area contributed by atoms with Crippen LogP contribution in [0.25, 0.3) is 122 Å². The summed E-state index contributed by atoms with van der Waals surface area (Å²) in [6.45, 7) is 0. The Bertz CT molecular complexity index is 3910. The van der Waals surface area contributed by atoms with Crippen molar-refractivity contribution in [3.05, 3.63) is 206 Å². The molecule has 0 bridgehead atoms. The minimum Gasteiger partial charge on any atom is -0.434 e. The monoisotopic (exact) mass is 806 g/mol. The molecule has 63 heavy (non-hydrogen) atoms. The van der Waals surface area contributed by atoms with Crippen LogP contribution in [0.5, 0.6) is 0 Å². The third-order valence-corrected chi connectivity index (χ3v) is 12.2. The molecule has 0 saturated heterocycles. The van der Waals surface area contributed by atoms with Crippen molar-refractivity contribution in [3.63, 3.8) is 0 Å². The number of aromatic nitrogens is 6. The van der Waals surface area contributed by atoms with E-state index in [0.29, 0.717) is 29.1 Å². The molecule has 9 aromatic carbocycles. The summed E-state index contributed by atoms with van der Waals surface area (Å²) in [4.78, 5) is 21.1. The molecule has 0 aliphatic heterocycles. The molecule has 0 N–H and O–H groups in total. The lowest BCUT2D eigenvalue weighted by molar-refractivity contribution is 0.618. The maximum Gasteiger partial charge on any atom is 0.238 e. The topological polar surface area (TPSA) is 74.6 Å². The van der Waals surface area contributed by atoms with Gasteiger partial charge in [-0.1, -0.05) is 164 Å². The molecule has 0 saturated carbocycles. The van der Waals surface area contributed by atoms with Crippen molar-refractivity contribution in [2.24, 2.45) is 0 Å². The summed E-state index contributed by atoms with van der Waals surface area (Å²) in [6.07, 6.45) is 0. The standard InChI is InChI=1S/C56H34N6O/c1-4-17-35(18-5-1)38-31-34-45(40-24-11-10-23-39(38)40)54-58-53(36-19-6-2-7-20-36)59-56(60-54)62-48-29-15-13-26-42(48)44-33-32-43-41-25-12-14-28-47(41)61(50(43)51(44)62)49-30-16-27-46-52(49)63-55(57-46)37-21-8-3-9-22-37/h1-34H. The first-order chi connectivity index (χ1) is 31.3. The molecule has 0 radical (unpaired) electrons. The summed E-state index contributed by atoms with van der Waals surface area (Å²) < 4.78 is 11.3. The van der Waals surface area contributed by atoms with E-state index in [1.165, 1.54) is 0 Å². The first kappa shape index (κ1) is 35.1. The van der Waals surface area contributed by atoms with Gasteiger partial charge in [0.1, 0.15) is 5.52 Å². The zero-order valence-corrected chi connectivity index (χ0v) is 33.7. The zero-order chi connectivity index (χ0) is 41.4. The molecular formula is C56H34N6O. The van der Waals surface area contributed by atoms with Crippen LogP contribution in [0.1, 0.15) is 0 Å². The molecule has 0 fully saturated rings. The fraction of sp³-hybridized carbons (Fsp3) is 0. The van der Waals surface area contributed by atoms with Crippen molar-refractivity contribution in [1.29, 1.82) is 0 Å². The summed E-state index contributed by atoms with van der Waals surface area (Å²) in [5, 5.41) is 6.59. The van der Waals surface area contributed by atoms with Crippen LogP contribution in [0, 0.1) is 0 Å². The predicted octanol–water partition coefficient (Wildman–Crippen LogP) is 14.0. The highest BCUT2D eigenvalue weighted by Gasteiger charge is 2.25. The summed E-state index contributed by atoms with van der Waals surface area (Å²) in [5.41, 5.74) is 11.5. The normalized spacial score (nSPS) is 11.8. The molecule has 294 valence electrons. The van der Waals surface area contributed by atoms with E-state index < -0.39 is 0 Å². The molecule has 7 nitrogen and oxygen atoms in total. The Morgan fingerprint density at radius 3 is 1.54 bits per heavy atom. The van der Waals surface area contributed by atoms with Crippen LogP contribution in [0.3, 0.4) is 0 Å². The second-order valence-electron chi connectivity index (χ2n) is 15.8. The van der Waals surface area contributed by atoms with E-state index >= 15 is 0 Å². The second-order valence-corrected chi connectivity index (χ2v) is 15.8. The van der Waals surface area contributed by atoms with Gasteiger partial charge >= 0.3 is 0 Å². The molecule has 13 rings (SSSR count). The summed E-state index contributed by atoms with van der Waals surface area (Å²) >= 11 is 0. The highest BCUT2D eigenvalue weighted by molar-refractivity contribution is 6.24. The number of nitrogens with zero attached hydrogens (tertiary/aromatic N) is 6. The van der Waals surface area contributed by atoms with Crippen molar-refractivity contribution in [2.75, 3.05) is 0 Å². The maximum absolute atomic E-state index is 6.72. The van der Waals surface area contributed by atoms with Crippen LogP contribution in [0.4, 0.5) is 0 Å². The highest BCUT2D eigenvalue weighted by Crippen LogP contribution is 2.43. The number of para-hydroxylation sites is 3. The minimum atomic E-state index is 0.523. The number of hydrogen-bond acceptors (Lipinski definition) is 5. The molecule has 0 aliphatic carbocycles. The summed E-state index contributed by atoms with van der Waals surface area (Å²) in [7, 11) is 0. The maximum atomic E-state index is 6.72. The third kappa shape index (κ3) is 5.46. The van der Waals surface area contributed by atoms with E-state index in [1.807, 2.05) is 54.6 Å². The van der Waals surface area contributed by atoms with Gasteiger partial charge in [-0.2, -0.15) is 9.97 Å². The summed E-state index contributed by atoms with van der Waals surface area (Å²) in [5.74, 6) is 2.28. The van der Waals surface area contributed by atoms with Gasteiger partial charge in [-0.25, -0.2) is 9.97 Å². The molecule has 0 aliphatic rings. The van der Waals surface area contributed by atoms with E-state index in [1.54, 1.807) is 0 Å². The minimum absolute atomic E-state index is 0.523. The van der Waals surface area contributed by atoms with Crippen LogP contribution in [-0.4, -0.2) is 29.1 Å². The van der Waals surface area contributed by atoms with E-state index in [0.717, 1.165) is 93.4 Å². The van der Waals surface area contributed by atoms with Gasteiger partial charge < -0.3 is 8.98 Å². The van der Waals surface area contributed by atoms with Crippen LogP contribution in [0.2, 0.25) is 0 Å². The van der Waals surface area contributed by atoms with Gasteiger partial charge in [0.15, 0.2) is 17.2 Å². The van der Waals surface area contributed by atoms with Gasteiger partial charge in [-0.05, 0) is 64.4 Å². The van der Waals surface area contributed by atoms with Crippen molar-refractivity contribution in [2.45, 2.75) is 0 Å². The quantitative estimate of drug-likeness (QED) is 0.167. The highest BCUT2D eigenvalue weighted by atomic mass is 16.3. The molecule has 4 heterocycles. The molecule has 4 aromatic heterocycles. The number of oxazole rings is 1. The van der Waals surface area contributed by atoms with Crippen molar-refractivity contribution >= 4 is 65.5 Å². The van der Waals surface area contributed by atoms with Crippen molar-refractivity contribution < 1.29 is 4.42 Å². The zero-order valence-electron chi connectivity index (χ0n) is 33.7. The van der Waals surface area contributed by atoms with E-state index in [2.05, 4.69) is 161 Å². The lowest BCUT2D eigenvalue weighted by Gasteiger charge is -2.15. The number of fused-ring (bicyclic) bond motifs is 9. The Kier molecular flexibility index (Phi) is 7.77. The van der Waals surface area contributed by atoms with Gasteiger partial charge in [-0.15, -0.1) is 0 Å². The molecule has 13 aromatic rings. The Labute approximate surface area is 360 Å². The molecule has 0 unspecified atom stereocenters. The Balaban J connectivity index is 1.14. The molecular weight excluding hydrogens is 773 g/mol. The Hall–Kier alpha value is -8.68. The lowest BCUT2D eigenvalue weighted by atomic mass is 9.95. The number of benzene rings is 9. The van der Waals surface area contributed by atoms with Gasteiger partial charge in [0.05, 0.1) is 27.8 Å². The SMILES string of the molecule is c1ccc(-c2nc(-c3ccc(-c4ccccc4)c4ccccc34)nc(-n3c4ccccc4c4ccc5c6ccccc6n(-c6cccc7nc(-c8ccccc8)oc67)c5c43)n2)cc1. The first-order valence-corrected chi connectivity index (χ1v) is 21.1. The van der Waals surface area contributed by atoms with E-state index in [-0.39, 0.29) is 0 Å². The van der Waals surface area contributed by atoms with Crippen LogP contribution in [0.15, 0.2) is 211 Å². The van der Waals surface area contributed by atoms with Gasteiger partial charge in [0.2, 0.25) is 11.8 Å². The average Bonchev–Trinajstić information content (AvgIpc) is 4.05. The molecule has 0 amide bonds. The largest absolute Gasteiger partial charge is 0.434 e. The average molecular weight is 807 g/mol. The predicted molar refractivity (Wildman–Crippen MR) is 255 cm³/mol. The second kappa shape index (κ2) is 13.9. The molecule has 7 heteroatoms. The van der Waals surface area contributed by atoms with Crippen molar-refractivity contribution in [3.8, 4) is 57.0 Å². The Morgan fingerprint density at radius 1 is 0.333 bits per heavy atom. The van der Waals surface area contributed by atoms with Crippen LogP contribution < -0.4 is 0 Å². The Morgan fingerprint density at radius 2 is 0.857 bits per heavy atom. The van der Waals surface area contributed by atoms with E-state index in [9.17, 15) is 0 Å². The van der Waals surface area contributed by atoms with Gasteiger partial charge in [-0.3, -0.25) is 4.57 Å².